The van der Waals surface area contributed by atoms with Crippen molar-refractivity contribution < 1.29 is 14.2 Å². The number of pyridine rings is 1. The van der Waals surface area contributed by atoms with Gasteiger partial charge < -0.3 is 14.2 Å². The Bertz CT molecular complexity index is 937. The zero-order chi connectivity index (χ0) is 17.5. The highest BCUT2D eigenvalue weighted by Gasteiger charge is 2.31. The van der Waals surface area contributed by atoms with Crippen molar-refractivity contribution >= 4 is 0 Å². The van der Waals surface area contributed by atoms with Crippen molar-refractivity contribution in [3.8, 4) is 23.1 Å². The maximum Gasteiger partial charge on any atom is 0.231 e. The van der Waals surface area contributed by atoms with E-state index in [2.05, 4.69) is 10.1 Å². The van der Waals surface area contributed by atoms with Crippen molar-refractivity contribution in [1.82, 2.24) is 19.7 Å². The number of benzene rings is 1. The SMILES string of the molecule is C[C@H](Oc1ccc2c(c1)OCO2)c1nc(C2CC2)nn1-c1ccccn1. The molecule has 7 nitrogen and oxygen atoms in total. The molecule has 1 saturated carbocycles. The van der Waals surface area contributed by atoms with E-state index in [4.69, 9.17) is 19.2 Å². The highest BCUT2D eigenvalue weighted by molar-refractivity contribution is 5.47. The van der Waals surface area contributed by atoms with Crippen LogP contribution < -0.4 is 14.2 Å². The second-order valence-corrected chi connectivity index (χ2v) is 6.48. The highest BCUT2D eigenvalue weighted by atomic mass is 16.7. The monoisotopic (exact) mass is 350 g/mol. The van der Waals surface area contributed by atoms with Gasteiger partial charge in [0.1, 0.15) is 5.75 Å². The third-order valence-corrected chi connectivity index (χ3v) is 4.48. The van der Waals surface area contributed by atoms with Crippen LogP contribution in [0.15, 0.2) is 42.6 Å². The maximum absolute atomic E-state index is 6.11. The van der Waals surface area contributed by atoms with E-state index in [0.29, 0.717) is 17.4 Å². The van der Waals surface area contributed by atoms with Gasteiger partial charge in [0.2, 0.25) is 6.79 Å². The van der Waals surface area contributed by atoms with E-state index in [1.165, 1.54) is 0 Å². The molecule has 1 fully saturated rings. The van der Waals surface area contributed by atoms with Crippen LogP contribution in [0.5, 0.6) is 17.2 Å². The smallest absolute Gasteiger partial charge is 0.231 e. The first kappa shape index (κ1) is 15.2. The van der Waals surface area contributed by atoms with Crippen LogP contribution in [0.25, 0.3) is 5.82 Å². The van der Waals surface area contributed by atoms with Crippen LogP contribution in [-0.4, -0.2) is 26.5 Å². The summed E-state index contributed by atoms with van der Waals surface area (Å²) in [6.45, 7) is 2.21. The van der Waals surface area contributed by atoms with Crippen LogP contribution in [0.2, 0.25) is 0 Å². The Morgan fingerprint density at radius 1 is 1.15 bits per heavy atom. The Kier molecular flexibility index (Phi) is 3.51. The van der Waals surface area contributed by atoms with Gasteiger partial charge in [0.05, 0.1) is 0 Å². The molecular weight excluding hydrogens is 332 g/mol. The molecule has 0 N–H and O–H groups in total. The minimum atomic E-state index is -0.294. The van der Waals surface area contributed by atoms with Crippen molar-refractivity contribution in [2.75, 3.05) is 6.79 Å². The number of hydrogen-bond acceptors (Lipinski definition) is 6. The summed E-state index contributed by atoms with van der Waals surface area (Å²) in [5, 5.41) is 4.68. The number of fused-ring (bicyclic) bond motifs is 1. The van der Waals surface area contributed by atoms with Crippen molar-refractivity contribution in [3.63, 3.8) is 0 Å². The number of rotatable bonds is 5. The van der Waals surface area contributed by atoms with Gasteiger partial charge in [-0.2, -0.15) is 4.68 Å². The van der Waals surface area contributed by atoms with E-state index in [9.17, 15) is 0 Å². The fourth-order valence-corrected chi connectivity index (χ4v) is 2.97. The Hall–Kier alpha value is -3.09. The predicted molar refractivity (Wildman–Crippen MR) is 92.7 cm³/mol. The lowest BCUT2D eigenvalue weighted by Gasteiger charge is -2.15. The highest BCUT2D eigenvalue weighted by Crippen LogP contribution is 2.39. The molecule has 0 bridgehead atoms. The van der Waals surface area contributed by atoms with E-state index in [-0.39, 0.29) is 12.9 Å². The summed E-state index contributed by atoms with van der Waals surface area (Å²) < 4.78 is 18.7. The number of aromatic nitrogens is 4. The largest absolute Gasteiger partial charge is 0.483 e. The second-order valence-electron chi connectivity index (χ2n) is 6.48. The summed E-state index contributed by atoms with van der Waals surface area (Å²) in [6.07, 6.45) is 3.74. The van der Waals surface area contributed by atoms with Crippen LogP contribution >= 0.6 is 0 Å². The zero-order valence-electron chi connectivity index (χ0n) is 14.3. The standard InChI is InChI=1S/C19H18N4O3/c1-12(26-14-7-8-15-16(10-14)25-11-24-15)19-21-18(13-5-6-13)22-23(19)17-4-2-3-9-20-17/h2-4,7-10,12-13H,5-6,11H2,1H3/t12-/m0/s1. The topological polar surface area (TPSA) is 71.3 Å². The number of ether oxygens (including phenoxy) is 3. The van der Waals surface area contributed by atoms with Gasteiger partial charge in [-0.05, 0) is 44.0 Å². The molecule has 5 rings (SSSR count). The molecule has 0 saturated heterocycles. The first-order valence-corrected chi connectivity index (χ1v) is 8.72. The molecule has 2 aliphatic rings. The average Bonchev–Trinajstić information content (AvgIpc) is 3.25. The van der Waals surface area contributed by atoms with Crippen LogP contribution in [-0.2, 0) is 0 Å². The molecule has 0 unspecified atom stereocenters. The van der Waals surface area contributed by atoms with Gasteiger partial charge in [0.15, 0.2) is 35.1 Å². The zero-order valence-corrected chi connectivity index (χ0v) is 14.3. The molecule has 0 radical (unpaired) electrons. The predicted octanol–water partition coefficient (Wildman–Crippen LogP) is 3.41. The third kappa shape index (κ3) is 2.75. The van der Waals surface area contributed by atoms with Gasteiger partial charge in [0.25, 0.3) is 0 Å². The minimum Gasteiger partial charge on any atom is -0.483 e. The van der Waals surface area contributed by atoms with Gasteiger partial charge in [-0.15, -0.1) is 5.10 Å². The lowest BCUT2D eigenvalue weighted by molar-refractivity contribution is 0.173. The summed E-state index contributed by atoms with van der Waals surface area (Å²) in [5.41, 5.74) is 0. The van der Waals surface area contributed by atoms with Crippen molar-refractivity contribution in [1.29, 1.82) is 0 Å². The van der Waals surface area contributed by atoms with Gasteiger partial charge in [-0.1, -0.05) is 6.07 Å². The molecule has 3 heterocycles. The Labute approximate surface area is 150 Å². The normalized spacial score (nSPS) is 16.5. The summed E-state index contributed by atoms with van der Waals surface area (Å²) in [6, 6.07) is 11.3. The van der Waals surface area contributed by atoms with E-state index >= 15 is 0 Å². The number of hydrogen-bond donors (Lipinski definition) is 0. The van der Waals surface area contributed by atoms with E-state index in [1.54, 1.807) is 10.9 Å². The summed E-state index contributed by atoms with van der Waals surface area (Å²) in [5.74, 6) is 4.93. The average molecular weight is 350 g/mol. The Balaban J connectivity index is 1.46. The second kappa shape index (κ2) is 6.01. The fraction of sp³-hybridized carbons (Fsp3) is 0.316. The lowest BCUT2D eigenvalue weighted by atomic mass is 10.3. The summed E-state index contributed by atoms with van der Waals surface area (Å²) in [4.78, 5) is 9.16. The van der Waals surface area contributed by atoms with E-state index < -0.39 is 0 Å². The molecule has 2 aromatic heterocycles. The van der Waals surface area contributed by atoms with Crippen LogP contribution in [0.4, 0.5) is 0 Å². The summed E-state index contributed by atoms with van der Waals surface area (Å²) >= 11 is 0. The molecule has 7 heteroatoms. The summed E-state index contributed by atoms with van der Waals surface area (Å²) in [7, 11) is 0. The molecule has 132 valence electrons. The molecule has 3 aromatic rings. The first-order chi connectivity index (χ1) is 12.8. The lowest BCUT2D eigenvalue weighted by Crippen LogP contribution is -2.12. The Morgan fingerprint density at radius 2 is 2.04 bits per heavy atom. The number of nitrogens with zero attached hydrogens (tertiary/aromatic N) is 4. The molecule has 26 heavy (non-hydrogen) atoms. The van der Waals surface area contributed by atoms with E-state index in [0.717, 1.165) is 36.1 Å². The molecule has 1 aliphatic carbocycles. The molecule has 0 spiro atoms. The van der Waals surface area contributed by atoms with Crippen molar-refractivity contribution in [3.05, 3.63) is 54.2 Å². The van der Waals surface area contributed by atoms with Crippen molar-refractivity contribution in [2.45, 2.75) is 31.8 Å². The minimum absolute atomic E-state index is 0.243. The first-order valence-electron chi connectivity index (χ1n) is 8.72. The van der Waals surface area contributed by atoms with E-state index in [1.807, 2.05) is 43.3 Å². The molecule has 1 aliphatic heterocycles. The van der Waals surface area contributed by atoms with Crippen LogP contribution in [0.3, 0.4) is 0 Å². The van der Waals surface area contributed by atoms with Gasteiger partial charge in [0, 0.05) is 18.2 Å². The molecule has 1 aromatic carbocycles. The maximum atomic E-state index is 6.11. The third-order valence-electron chi connectivity index (χ3n) is 4.48. The van der Waals surface area contributed by atoms with Crippen molar-refractivity contribution in [2.24, 2.45) is 0 Å². The van der Waals surface area contributed by atoms with Crippen LogP contribution in [0, 0.1) is 0 Å². The van der Waals surface area contributed by atoms with Gasteiger partial charge >= 0.3 is 0 Å². The molecular formula is C19H18N4O3. The Morgan fingerprint density at radius 3 is 2.85 bits per heavy atom. The molecule has 0 amide bonds. The quantitative estimate of drug-likeness (QED) is 0.702. The van der Waals surface area contributed by atoms with Crippen LogP contribution in [0.1, 0.15) is 43.4 Å². The van der Waals surface area contributed by atoms with Gasteiger partial charge in [-0.3, -0.25) is 0 Å². The fourth-order valence-electron chi connectivity index (χ4n) is 2.97. The molecule has 1 atom stereocenters. The van der Waals surface area contributed by atoms with Gasteiger partial charge in [-0.25, -0.2) is 9.97 Å².